The van der Waals surface area contributed by atoms with Crippen molar-refractivity contribution in [1.82, 2.24) is 15.0 Å². The lowest BCUT2D eigenvalue weighted by Gasteiger charge is -2.34. The molecule has 5 heteroatoms. The Kier molecular flexibility index (Phi) is 7.03. The van der Waals surface area contributed by atoms with Gasteiger partial charge in [0.05, 0.1) is 5.92 Å². The molecule has 4 rings (SSSR count). The lowest BCUT2D eigenvalue weighted by atomic mass is 9.89. The van der Waals surface area contributed by atoms with Crippen LogP contribution in [0.25, 0.3) is 0 Å². The highest BCUT2D eigenvalue weighted by atomic mass is 16.5. The molecule has 0 radical (unpaired) electrons. The molecule has 0 bridgehead atoms. The van der Waals surface area contributed by atoms with E-state index in [2.05, 4.69) is 10.1 Å². The van der Waals surface area contributed by atoms with Crippen molar-refractivity contribution in [1.29, 1.82) is 0 Å². The number of carbonyl (C=O) groups is 1. The number of carbonyl (C=O) groups excluding carboxylic acids is 1. The lowest BCUT2D eigenvalue weighted by molar-refractivity contribution is -0.137. The van der Waals surface area contributed by atoms with Crippen LogP contribution in [0, 0.1) is 5.92 Å². The van der Waals surface area contributed by atoms with Crippen LogP contribution in [0.4, 0.5) is 0 Å². The summed E-state index contributed by atoms with van der Waals surface area (Å²) in [5.41, 5.74) is 0. The largest absolute Gasteiger partial charge is 0.342 e. The zero-order valence-electron chi connectivity index (χ0n) is 17.4. The summed E-state index contributed by atoms with van der Waals surface area (Å²) >= 11 is 0. The van der Waals surface area contributed by atoms with Crippen molar-refractivity contribution in [2.45, 2.75) is 108 Å². The number of nitrogens with zero attached hydrogens (tertiary/aromatic N) is 3. The number of amides is 1. The minimum Gasteiger partial charge on any atom is -0.342 e. The molecule has 2 aliphatic carbocycles. The molecule has 1 saturated heterocycles. The molecule has 3 aliphatic rings. The summed E-state index contributed by atoms with van der Waals surface area (Å²) in [6.07, 6.45) is 18.2. The van der Waals surface area contributed by atoms with Gasteiger partial charge in [0, 0.05) is 24.9 Å². The van der Waals surface area contributed by atoms with Crippen molar-refractivity contribution in [3.8, 4) is 0 Å². The molecule has 0 N–H and O–H groups in total. The maximum atomic E-state index is 13.1. The molecule has 2 heterocycles. The van der Waals surface area contributed by atoms with E-state index >= 15 is 0 Å². The minimum absolute atomic E-state index is 0.221. The van der Waals surface area contributed by atoms with E-state index < -0.39 is 0 Å². The van der Waals surface area contributed by atoms with E-state index in [0.29, 0.717) is 11.8 Å². The first kappa shape index (κ1) is 19.9. The number of piperidine rings is 1. The highest BCUT2D eigenvalue weighted by Crippen LogP contribution is 2.33. The number of hydrogen-bond acceptors (Lipinski definition) is 4. The van der Waals surface area contributed by atoms with Crippen LogP contribution >= 0.6 is 0 Å². The first-order valence-corrected chi connectivity index (χ1v) is 11.9. The van der Waals surface area contributed by atoms with E-state index in [1.54, 1.807) is 0 Å². The molecule has 1 aromatic heterocycles. The fraction of sp³-hybridized carbons (Fsp3) is 0.870. The van der Waals surface area contributed by atoms with Crippen LogP contribution in [0.3, 0.4) is 0 Å². The quantitative estimate of drug-likeness (QED) is 0.636. The summed E-state index contributed by atoms with van der Waals surface area (Å²) in [5, 5.41) is 4.35. The van der Waals surface area contributed by atoms with Gasteiger partial charge in [0.1, 0.15) is 0 Å². The molecule has 28 heavy (non-hydrogen) atoms. The van der Waals surface area contributed by atoms with Crippen LogP contribution in [0.1, 0.15) is 120 Å². The highest BCUT2D eigenvalue weighted by molar-refractivity contribution is 5.79. The maximum Gasteiger partial charge on any atom is 0.231 e. The maximum absolute atomic E-state index is 13.1. The van der Waals surface area contributed by atoms with Crippen molar-refractivity contribution in [3.05, 3.63) is 11.7 Å². The second kappa shape index (κ2) is 9.89. The Morgan fingerprint density at radius 1 is 0.786 bits per heavy atom. The molecule has 5 nitrogen and oxygen atoms in total. The Morgan fingerprint density at radius 2 is 1.39 bits per heavy atom. The minimum atomic E-state index is 0.221. The Hall–Kier alpha value is -1.39. The summed E-state index contributed by atoms with van der Waals surface area (Å²) in [6.45, 7) is 1.66. The van der Waals surface area contributed by atoms with Crippen LogP contribution in [0.2, 0.25) is 0 Å². The van der Waals surface area contributed by atoms with Crippen LogP contribution in [-0.4, -0.2) is 34.0 Å². The topological polar surface area (TPSA) is 59.2 Å². The van der Waals surface area contributed by atoms with Gasteiger partial charge in [-0.3, -0.25) is 4.79 Å². The molecule has 156 valence electrons. The summed E-state index contributed by atoms with van der Waals surface area (Å²) in [6, 6.07) is 0. The van der Waals surface area contributed by atoms with E-state index in [0.717, 1.165) is 50.5 Å². The van der Waals surface area contributed by atoms with Gasteiger partial charge >= 0.3 is 0 Å². The van der Waals surface area contributed by atoms with Gasteiger partial charge in [-0.15, -0.1) is 0 Å². The first-order chi connectivity index (χ1) is 13.8. The van der Waals surface area contributed by atoms with E-state index in [4.69, 9.17) is 9.51 Å². The molecule has 1 amide bonds. The zero-order valence-corrected chi connectivity index (χ0v) is 17.4. The van der Waals surface area contributed by atoms with Gasteiger partial charge in [-0.2, -0.15) is 4.98 Å². The van der Waals surface area contributed by atoms with Crippen molar-refractivity contribution < 1.29 is 9.32 Å². The monoisotopic (exact) mass is 387 g/mol. The van der Waals surface area contributed by atoms with Gasteiger partial charge in [-0.1, -0.05) is 62.9 Å². The van der Waals surface area contributed by atoms with Crippen molar-refractivity contribution >= 4 is 5.91 Å². The predicted molar refractivity (Wildman–Crippen MR) is 109 cm³/mol. The second-order valence-electron chi connectivity index (χ2n) is 9.34. The third-order valence-electron chi connectivity index (χ3n) is 7.21. The summed E-state index contributed by atoms with van der Waals surface area (Å²) < 4.78 is 5.71. The smallest absolute Gasteiger partial charge is 0.231 e. The number of hydrogen-bond donors (Lipinski definition) is 0. The Balaban J connectivity index is 1.37. The lowest BCUT2D eigenvalue weighted by Crippen LogP contribution is -2.42. The Bertz CT molecular complexity index is 613. The van der Waals surface area contributed by atoms with Crippen LogP contribution in [0.15, 0.2) is 4.52 Å². The molecule has 0 spiro atoms. The van der Waals surface area contributed by atoms with E-state index in [1.165, 1.54) is 70.6 Å². The third-order valence-corrected chi connectivity index (χ3v) is 7.21. The first-order valence-electron chi connectivity index (χ1n) is 11.9. The molecule has 2 saturated carbocycles. The average Bonchev–Trinajstić information content (AvgIpc) is 3.03. The molecule has 1 aliphatic heterocycles. The van der Waals surface area contributed by atoms with Crippen LogP contribution < -0.4 is 0 Å². The number of likely N-dealkylation sites (tertiary alicyclic amines) is 1. The summed E-state index contributed by atoms with van der Waals surface area (Å²) in [7, 11) is 0. The zero-order chi connectivity index (χ0) is 19.2. The fourth-order valence-electron chi connectivity index (χ4n) is 5.46. The normalized spacial score (nSPS) is 26.4. The van der Waals surface area contributed by atoms with Crippen molar-refractivity contribution in [2.24, 2.45) is 5.92 Å². The molecule has 1 atom stereocenters. The summed E-state index contributed by atoms with van der Waals surface area (Å²) in [4.78, 5) is 20.1. The van der Waals surface area contributed by atoms with Gasteiger partial charge in [-0.05, 0) is 38.5 Å². The molecule has 1 aromatic rings. The van der Waals surface area contributed by atoms with E-state index in [1.807, 2.05) is 0 Å². The second-order valence-corrected chi connectivity index (χ2v) is 9.34. The molecule has 1 unspecified atom stereocenters. The highest BCUT2D eigenvalue weighted by Gasteiger charge is 2.32. The van der Waals surface area contributed by atoms with Gasteiger partial charge < -0.3 is 9.42 Å². The fourth-order valence-corrected chi connectivity index (χ4v) is 5.46. The average molecular weight is 388 g/mol. The Morgan fingerprint density at radius 3 is 2.11 bits per heavy atom. The van der Waals surface area contributed by atoms with Gasteiger partial charge in [0.15, 0.2) is 5.82 Å². The van der Waals surface area contributed by atoms with Crippen molar-refractivity contribution in [3.63, 3.8) is 0 Å². The van der Waals surface area contributed by atoms with Gasteiger partial charge in [0.2, 0.25) is 11.8 Å². The van der Waals surface area contributed by atoms with Crippen LogP contribution in [0.5, 0.6) is 0 Å². The van der Waals surface area contributed by atoms with E-state index in [9.17, 15) is 4.79 Å². The Labute approximate surface area is 169 Å². The number of aromatic nitrogens is 2. The predicted octanol–water partition coefficient (Wildman–Crippen LogP) is 5.57. The third kappa shape index (κ3) is 4.96. The standard InChI is InChI=1S/C23H37N3O2/c27-23(19-13-8-2-1-3-9-14-19)26-16-10-15-20(17-26)22-24-21(25-28-22)18-11-6-4-5-7-12-18/h18-20H,1-17H2. The SMILES string of the molecule is O=C(C1CCCCCCC1)N1CCCC(c2nc(C3CCCCCC3)no2)C1. The van der Waals surface area contributed by atoms with E-state index in [-0.39, 0.29) is 11.8 Å². The van der Waals surface area contributed by atoms with Gasteiger partial charge in [0.25, 0.3) is 0 Å². The molecular formula is C23H37N3O2. The summed E-state index contributed by atoms with van der Waals surface area (Å²) in [5.74, 6) is 3.00. The number of rotatable bonds is 3. The van der Waals surface area contributed by atoms with Crippen molar-refractivity contribution in [2.75, 3.05) is 13.1 Å². The molecule has 0 aromatic carbocycles. The van der Waals surface area contributed by atoms with Gasteiger partial charge in [-0.25, -0.2) is 0 Å². The molecule has 3 fully saturated rings. The molecular weight excluding hydrogens is 350 g/mol. The van der Waals surface area contributed by atoms with Crippen LogP contribution in [-0.2, 0) is 4.79 Å².